The minimum Gasteiger partial charge on any atom is -0.390 e. The maximum atomic E-state index is 10.1. The zero-order valence-electron chi connectivity index (χ0n) is 11.2. The van der Waals surface area contributed by atoms with Gasteiger partial charge >= 0.3 is 0 Å². The van der Waals surface area contributed by atoms with Gasteiger partial charge in [0.15, 0.2) is 0 Å². The predicted molar refractivity (Wildman–Crippen MR) is 71.5 cm³/mol. The molecule has 2 rings (SSSR count). The maximum absolute atomic E-state index is 10.1. The highest BCUT2D eigenvalue weighted by molar-refractivity contribution is 5.09. The number of terminal acetylenes is 1. The van der Waals surface area contributed by atoms with E-state index in [-0.39, 0.29) is 24.4 Å². The summed E-state index contributed by atoms with van der Waals surface area (Å²) in [5.74, 6) is 2.45. The van der Waals surface area contributed by atoms with E-state index >= 15 is 0 Å². The highest BCUT2D eigenvalue weighted by Crippen LogP contribution is 2.33. The lowest BCUT2D eigenvalue weighted by Crippen LogP contribution is -2.41. The molecule has 0 saturated carbocycles. The van der Waals surface area contributed by atoms with Gasteiger partial charge in [-0.3, -0.25) is 0 Å². The van der Waals surface area contributed by atoms with Gasteiger partial charge in [0, 0.05) is 12.8 Å². The highest BCUT2D eigenvalue weighted by atomic mass is 16.6. The topological polar surface area (TPSA) is 58.9 Å². The van der Waals surface area contributed by atoms with Crippen molar-refractivity contribution in [3.05, 3.63) is 12.2 Å². The van der Waals surface area contributed by atoms with Crippen LogP contribution in [0.15, 0.2) is 12.2 Å². The largest absolute Gasteiger partial charge is 0.390 e. The molecular formula is C15H22O4. The second-order valence-corrected chi connectivity index (χ2v) is 5.25. The third kappa shape index (κ3) is 3.37. The average molecular weight is 266 g/mol. The Kier molecular flexibility index (Phi) is 5.00. The van der Waals surface area contributed by atoms with Crippen LogP contribution in [0, 0.1) is 12.3 Å². The van der Waals surface area contributed by atoms with Crippen molar-refractivity contribution >= 4 is 0 Å². The van der Waals surface area contributed by atoms with Crippen LogP contribution >= 0.6 is 0 Å². The van der Waals surface area contributed by atoms with Crippen LogP contribution in [-0.2, 0) is 9.47 Å². The average Bonchev–Trinajstić information content (AvgIpc) is 2.79. The number of fused-ring (bicyclic) bond motifs is 2. The molecule has 2 fully saturated rings. The van der Waals surface area contributed by atoms with Crippen molar-refractivity contribution in [1.82, 2.24) is 0 Å². The molecule has 2 bridgehead atoms. The van der Waals surface area contributed by atoms with E-state index in [1.165, 1.54) is 0 Å². The lowest BCUT2D eigenvalue weighted by molar-refractivity contribution is -0.102. The predicted octanol–water partition coefficient (Wildman–Crippen LogP) is 1.01. The van der Waals surface area contributed by atoms with Gasteiger partial charge in [-0.05, 0) is 18.9 Å². The van der Waals surface area contributed by atoms with E-state index < -0.39 is 12.2 Å². The fraction of sp³-hybridized carbons (Fsp3) is 0.733. The van der Waals surface area contributed by atoms with Crippen molar-refractivity contribution in [3.8, 4) is 12.3 Å². The second kappa shape index (κ2) is 6.53. The molecule has 0 unspecified atom stereocenters. The van der Waals surface area contributed by atoms with Crippen molar-refractivity contribution in [2.75, 3.05) is 0 Å². The molecule has 0 aliphatic carbocycles. The molecule has 0 radical (unpaired) electrons. The van der Waals surface area contributed by atoms with E-state index in [9.17, 15) is 10.2 Å². The van der Waals surface area contributed by atoms with Crippen LogP contribution in [0.25, 0.3) is 0 Å². The number of aliphatic hydroxyl groups excluding tert-OH is 2. The minimum absolute atomic E-state index is 0.0815. The van der Waals surface area contributed by atoms with E-state index in [0.717, 1.165) is 6.42 Å². The fourth-order valence-corrected chi connectivity index (χ4v) is 2.85. The van der Waals surface area contributed by atoms with Gasteiger partial charge in [0.05, 0.1) is 36.6 Å². The van der Waals surface area contributed by atoms with Gasteiger partial charge in [-0.15, -0.1) is 6.42 Å². The first-order valence-corrected chi connectivity index (χ1v) is 6.93. The Labute approximate surface area is 114 Å². The van der Waals surface area contributed by atoms with Crippen LogP contribution in [0.3, 0.4) is 0 Å². The number of allylic oxidation sites excluding steroid dienone is 1. The third-order valence-electron chi connectivity index (χ3n) is 3.90. The Morgan fingerprint density at radius 2 is 1.89 bits per heavy atom. The van der Waals surface area contributed by atoms with Crippen LogP contribution in [0.4, 0.5) is 0 Å². The molecule has 2 saturated heterocycles. The number of rotatable bonds is 3. The maximum Gasteiger partial charge on any atom is 0.0877 e. The first kappa shape index (κ1) is 14.5. The van der Waals surface area contributed by atoms with E-state index in [1.807, 2.05) is 13.0 Å². The first-order valence-electron chi connectivity index (χ1n) is 6.93. The second-order valence-electron chi connectivity index (χ2n) is 5.25. The summed E-state index contributed by atoms with van der Waals surface area (Å²) in [5, 5.41) is 20.1. The summed E-state index contributed by atoms with van der Waals surface area (Å²) in [7, 11) is 0. The summed E-state index contributed by atoms with van der Waals surface area (Å²) < 4.78 is 11.8. The molecule has 4 heteroatoms. The van der Waals surface area contributed by atoms with Crippen molar-refractivity contribution in [1.29, 1.82) is 0 Å². The summed E-state index contributed by atoms with van der Waals surface area (Å²) in [6.45, 7) is 1.97. The SMILES string of the molecule is C#C/C=C/C[C@H]1O[C@H]2C[C@@H]1O[C@H](CC)[C@@H](O)C[C@@H]2O. The Hall–Kier alpha value is -0.860. The zero-order chi connectivity index (χ0) is 13.8. The third-order valence-corrected chi connectivity index (χ3v) is 3.90. The Balaban J connectivity index is 2.07. The lowest BCUT2D eigenvalue weighted by Gasteiger charge is -2.30. The van der Waals surface area contributed by atoms with Crippen molar-refractivity contribution < 1.29 is 19.7 Å². The van der Waals surface area contributed by atoms with E-state index in [1.54, 1.807) is 6.08 Å². The number of aliphatic hydroxyl groups is 2. The van der Waals surface area contributed by atoms with Crippen LogP contribution in [0.2, 0.25) is 0 Å². The van der Waals surface area contributed by atoms with Crippen molar-refractivity contribution in [2.24, 2.45) is 0 Å². The number of hydrogen-bond acceptors (Lipinski definition) is 4. The van der Waals surface area contributed by atoms with E-state index in [2.05, 4.69) is 5.92 Å². The molecule has 2 heterocycles. The van der Waals surface area contributed by atoms with Crippen LogP contribution in [0.1, 0.15) is 32.6 Å². The molecular weight excluding hydrogens is 244 g/mol. The van der Waals surface area contributed by atoms with Gasteiger partial charge in [0.2, 0.25) is 0 Å². The monoisotopic (exact) mass is 266 g/mol. The summed E-state index contributed by atoms with van der Waals surface area (Å²) in [6.07, 6.45) is 9.17. The van der Waals surface area contributed by atoms with Gasteiger partial charge in [-0.25, -0.2) is 0 Å². The normalized spacial score (nSPS) is 42.8. The summed E-state index contributed by atoms with van der Waals surface area (Å²) in [6, 6.07) is 0. The molecule has 2 aliphatic rings. The molecule has 2 N–H and O–H groups in total. The molecule has 19 heavy (non-hydrogen) atoms. The van der Waals surface area contributed by atoms with Gasteiger partial charge in [0.25, 0.3) is 0 Å². The quantitative estimate of drug-likeness (QED) is 0.749. The minimum atomic E-state index is -0.631. The Bertz CT molecular complexity index is 360. The molecule has 0 aromatic heterocycles. The van der Waals surface area contributed by atoms with E-state index in [0.29, 0.717) is 19.3 Å². The molecule has 0 spiro atoms. The number of ether oxygens (including phenoxy) is 2. The molecule has 2 aliphatic heterocycles. The van der Waals surface area contributed by atoms with Gasteiger partial charge in [-0.1, -0.05) is 18.9 Å². The summed E-state index contributed by atoms with van der Waals surface area (Å²) >= 11 is 0. The lowest BCUT2D eigenvalue weighted by atomic mass is 9.96. The summed E-state index contributed by atoms with van der Waals surface area (Å²) in [4.78, 5) is 0. The molecule has 0 aromatic carbocycles. The Morgan fingerprint density at radius 1 is 1.16 bits per heavy atom. The Morgan fingerprint density at radius 3 is 2.58 bits per heavy atom. The molecule has 0 amide bonds. The fourth-order valence-electron chi connectivity index (χ4n) is 2.85. The first-order chi connectivity index (χ1) is 9.15. The molecule has 0 aromatic rings. The van der Waals surface area contributed by atoms with Gasteiger partial charge in [-0.2, -0.15) is 0 Å². The van der Waals surface area contributed by atoms with Crippen LogP contribution < -0.4 is 0 Å². The molecule has 106 valence electrons. The molecule has 6 atom stereocenters. The smallest absolute Gasteiger partial charge is 0.0877 e. The van der Waals surface area contributed by atoms with Crippen molar-refractivity contribution in [3.63, 3.8) is 0 Å². The van der Waals surface area contributed by atoms with Crippen molar-refractivity contribution in [2.45, 2.75) is 69.2 Å². The van der Waals surface area contributed by atoms with E-state index in [4.69, 9.17) is 15.9 Å². The van der Waals surface area contributed by atoms with Crippen LogP contribution in [0.5, 0.6) is 0 Å². The standard InChI is InChI=1S/C15H22O4/c1-3-5-6-7-13-15-9-14(19-13)11(17)8-10(16)12(4-2)18-15/h1,5-6,10-17H,4,7-9H2,2H3/b6-5+/t10-,11-,12+,13+,14-,15-/m0/s1. The molecule has 4 nitrogen and oxygen atoms in total. The summed E-state index contributed by atoms with van der Waals surface area (Å²) in [5.41, 5.74) is 0. The number of hydrogen-bond donors (Lipinski definition) is 2. The zero-order valence-corrected chi connectivity index (χ0v) is 11.2. The van der Waals surface area contributed by atoms with Gasteiger partial charge < -0.3 is 19.7 Å². The van der Waals surface area contributed by atoms with Crippen LogP contribution in [-0.4, -0.2) is 46.8 Å². The van der Waals surface area contributed by atoms with Gasteiger partial charge in [0.1, 0.15) is 0 Å². The highest BCUT2D eigenvalue weighted by Gasteiger charge is 2.43.